The van der Waals surface area contributed by atoms with Gasteiger partial charge in [0.05, 0.1) is 23.0 Å². The van der Waals surface area contributed by atoms with E-state index in [-0.39, 0.29) is 0 Å². The van der Waals surface area contributed by atoms with Crippen molar-refractivity contribution >= 4 is 11.6 Å². The highest BCUT2D eigenvalue weighted by Gasteiger charge is 2.20. The topological polar surface area (TPSA) is 29.9 Å². The zero-order valence-electron chi connectivity index (χ0n) is 12.0. The van der Waals surface area contributed by atoms with Crippen LogP contribution in [0.5, 0.6) is 0 Å². The van der Waals surface area contributed by atoms with Gasteiger partial charge in [-0.3, -0.25) is 4.68 Å². The molecule has 1 rings (SSSR count). The first-order valence-electron chi connectivity index (χ1n) is 7.07. The lowest BCUT2D eigenvalue weighted by Gasteiger charge is -2.23. The Morgan fingerprint density at radius 2 is 2.06 bits per heavy atom. The first-order chi connectivity index (χ1) is 8.60. The van der Waals surface area contributed by atoms with Crippen LogP contribution in [0.15, 0.2) is 6.20 Å². The quantitative estimate of drug-likeness (QED) is 0.769. The summed E-state index contributed by atoms with van der Waals surface area (Å²) in [6, 6.07) is 0.763. The van der Waals surface area contributed by atoms with Crippen molar-refractivity contribution in [1.82, 2.24) is 15.1 Å². The maximum Gasteiger partial charge on any atom is 0.0834 e. The standard InChI is InChI=1S/C14H26ClN3/c1-5-7-8-13(17-11(3)4)14-12(15)10-16-18(14)9-6-2/h10-11,13,17H,5-9H2,1-4H3. The monoisotopic (exact) mass is 271 g/mol. The first kappa shape index (κ1) is 15.5. The van der Waals surface area contributed by atoms with Gasteiger partial charge in [-0.1, -0.05) is 52.1 Å². The molecule has 0 bridgehead atoms. The van der Waals surface area contributed by atoms with E-state index < -0.39 is 0 Å². The van der Waals surface area contributed by atoms with Crippen molar-refractivity contribution < 1.29 is 0 Å². The van der Waals surface area contributed by atoms with Crippen LogP contribution in [0.4, 0.5) is 0 Å². The van der Waals surface area contributed by atoms with Crippen molar-refractivity contribution in [3.8, 4) is 0 Å². The minimum atomic E-state index is 0.312. The van der Waals surface area contributed by atoms with E-state index in [1.165, 1.54) is 12.8 Å². The summed E-state index contributed by atoms with van der Waals surface area (Å²) in [6.45, 7) is 9.67. The third kappa shape index (κ3) is 4.29. The lowest BCUT2D eigenvalue weighted by molar-refractivity contribution is 0.407. The number of nitrogens with zero attached hydrogens (tertiary/aromatic N) is 2. The van der Waals surface area contributed by atoms with Crippen molar-refractivity contribution in [1.29, 1.82) is 0 Å². The molecule has 0 spiro atoms. The van der Waals surface area contributed by atoms with E-state index in [1.807, 2.05) is 0 Å². The van der Waals surface area contributed by atoms with Crippen LogP contribution in [0.3, 0.4) is 0 Å². The van der Waals surface area contributed by atoms with Crippen molar-refractivity contribution in [3.63, 3.8) is 0 Å². The van der Waals surface area contributed by atoms with Crippen LogP contribution < -0.4 is 5.32 Å². The van der Waals surface area contributed by atoms with Crippen LogP contribution in [0.2, 0.25) is 5.02 Å². The SMILES string of the molecule is CCCCC(NC(C)C)c1c(Cl)cnn1CCC. The Labute approximate surface area is 116 Å². The molecule has 0 saturated heterocycles. The molecule has 0 fully saturated rings. The van der Waals surface area contributed by atoms with Gasteiger partial charge in [-0.15, -0.1) is 0 Å². The van der Waals surface area contributed by atoms with Gasteiger partial charge >= 0.3 is 0 Å². The van der Waals surface area contributed by atoms with Crippen molar-refractivity contribution in [3.05, 3.63) is 16.9 Å². The van der Waals surface area contributed by atoms with Crippen LogP contribution in [0.1, 0.15) is 65.1 Å². The average Bonchev–Trinajstić information content (AvgIpc) is 2.66. The van der Waals surface area contributed by atoms with Crippen LogP contribution in [-0.4, -0.2) is 15.8 Å². The summed E-state index contributed by atoms with van der Waals surface area (Å²) < 4.78 is 2.05. The molecule has 104 valence electrons. The van der Waals surface area contributed by atoms with Crippen LogP contribution in [0.25, 0.3) is 0 Å². The molecular formula is C14H26ClN3. The Hall–Kier alpha value is -0.540. The third-order valence-corrected chi connectivity index (χ3v) is 3.27. The Morgan fingerprint density at radius 1 is 1.33 bits per heavy atom. The molecule has 1 atom stereocenters. The Balaban J connectivity index is 2.91. The lowest BCUT2D eigenvalue weighted by atomic mass is 10.1. The number of rotatable bonds is 8. The number of aromatic nitrogens is 2. The predicted molar refractivity (Wildman–Crippen MR) is 78.1 cm³/mol. The highest BCUT2D eigenvalue weighted by Crippen LogP contribution is 2.27. The van der Waals surface area contributed by atoms with Gasteiger partial charge in [-0.05, 0) is 12.8 Å². The van der Waals surface area contributed by atoms with E-state index in [0.29, 0.717) is 12.1 Å². The number of aryl methyl sites for hydroxylation is 1. The molecular weight excluding hydrogens is 246 g/mol. The zero-order chi connectivity index (χ0) is 13.5. The van der Waals surface area contributed by atoms with Crippen LogP contribution in [0, 0.1) is 0 Å². The summed E-state index contributed by atoms with van der Waals surface area (Å²) in [7, 11) is 0. The summed E-state index contributed by atoms with van der Waals surface area (Å²) in [5.41, 5.74) is 1.15. The second-order valence-electron chi connectivity index (χ2n) is 5.12. The molecule has 4 heteroatoms. The summed E-state index contributed by atoms with van der Waals surface area (Å²) in [5.74, 6) is 0. The summed E-state index contributed by atoms with van der Waals surface area (Å²) in [4.78, 5) is 0. The van der Waals surface area contributed by atoms with Gasteiger partial charge < -0.3 is 5.32 Å². The molecule has 3 nitrogen and oxygen atoms in total. The molecule has 0 aliphatic carbocycles. The highest BCUT2D eigenvalue weighted by molar-refractivity contribution is 6.31. The second kappa shape index (κ2) is 7.80. The van der Waals surface area contributed by atoms with E-state index in [0.717, 1.165) is 30.1 Å². The van der Waals surface area contributed by atoms with Gasteiger partial charge in [0.15, 0.2) is 0 Å². The lowest BCUT2D eigenvalue weighted by Crippen LogP contribution is -2.30. The smallest absolute Gasteiger partial charge is 0.0834 e. The zero-order valence-corrected chi connectivity index (χ0v) is 12.8. The van der Waals surface area contributed by atoms with Gasteiger partial charge in [0.2, 0.25) is 0 Å². The average molecular weight is 272 g/mol. The second-order valence-corrected chi connectivity index (χ2v) is 5.52. The van der Waals surface area contributed by atoms with E-state index in [9.17, 15) is 0 Å². The molecule has 0 aliphatic heterocycles. The molecule has 1 unspecified atom stereocenters. The van der Waals surface area contributed by atoms with Crippen LogP contribution >= 0.6 is 11.6 Å². The van der Waals surface area contributed by atoms with Crippen molar-refractivity contribution in [2.45, 2.75) is 72.0 Å². The molecule has 0 radical (unpaired) electrons. The summed E-state index contributed by atoms with van der Waals surface area (Å²) >= 11 is 6.31. The number of hydrogen-bond acceptors (Lipinski definition) is 2. The van der Waals surface area contributed by atoms with Gasteiger partial charge in [0.25, 0.3) is 0 Å². The molecule has 0 amide bonds. The van der Waals surface area contributed by atoms with Gasteiger partial charge in [-0.25, -0.2) is 0 Å². The molecule has 0 saturated carbocycles. The maximum atomic E-state index is 6.31. The normalized spacial score (nSPS) is 13.2. The molecule has 0 aliphatic rings. The van der Waals surface area contributed by atoms with Crippen LogP contribution in [-0.2, 0) is 6.54 Å². The molecule has 1 N–H and O–H groups in total. The number of nitrogens with one attached hydrogen (secondary N) is 1. The van der Waals surface area contributed by atoms with E-state index in [1.54, 1.807) is 6.20 Å². The number of hydrogen-bond donors (Lipinski definition) is 1. The van der Waals surface area contributed by atoms with E-state index in [2.05, 4.69) is 42.8 Å². The number of unbranched alkanes of at least 4 members (excludes halogenated alkanes) is 1. The highest BCUT2D eigenvalue weighted by atomic mass is 35.5. The fourth-order valence-corrected chi connectivity index (χ4v) is 2.49. The molecule has 0 aromatic carbocycles. The fraction of sp³-hybridized carbons (Fsp3) is 0.786. The maximum absolute atomic E-state index is 6.31. The van der Waals surface area contributed by atoms with Gasteiger partial charge in [-0.2, -0.15) is 5.10 Å². The first-order valence-corrected chi connectivity index (χ1v) is 7.45. The molecule has 1 heterocycles. The summed E-state index contributed by atoms with van der Waals surface area (Å²) in [5, 5.41) is 8.79. The predicted octanol–water partition coefficient (Wildman–Crippen LogP) is 4.18. The van der Waals surface area contributed by atoms with Gasteiger partial charge in [0.1, 0.15) is 0 Å². The largest absolute Gasteiger partial charge is 0.306 e. The molecule has 18 heavy (non-hydrogen) atoms. The minimum absolute atomic E-state index is 0.312. The third-order valence-electron chi connectivity index (χ3n) is 2.98. The minimum Gasteiger partial charge on any atom is -0.306 e. The molecule has 1 aromatic heterocycles. The molecule has 1 aromatic rings. The van der Waals surface area contributed by atoms with E-state index in [4.69, 9.17) is 11.6 Å². The Kier molecular flexibility index (Phi) is 6.72. The van der Waals surface area contributed by atoms with E-state index >= 15 is 0 Å². The summed E-state index contributed by atoms with van der Waals surface area (Å²) in [6.07, 6.45) is 6.37. The fourth-order valence-electron chi connectivity index (χ4n) is 2.22. The number of halogens is 1. The Morgan fingerprint density at radius 3 is 2.61 bits per heavy atom. The van der Waals surface area contributed by atoms with Crippen molar-refractivity contribution in [2.75, 3.05) is 0 Å². The Bertz CT molecular complexity index is 347. The van der Waals surface area contributed by atoms with Gasteiger partial charge in [0, 0.05) is 12.6 Å². The van der Waals surface area contributed by atoms with Crippen molar-refractivity contribution in [2.24, 2.45) is 0 Å².